The molecule has 0 aliphatic carbocycles. The summed E-state index contributed by atoms with van der Waals surface area (Å²) < 4.78 is 10.6. The van der Waals surface area contributed by atoms with Gasteiger partial charge in [-0.1, -0.05) is 104 Å². The molecule has 1 rings (SSSR count). The molecule has 0 saturated carbocycles. The van der Waals surface area contributed by atoms with Gasteiger partial charge in [0.05, 0.1) is 24.3 Å². The Morgan fingerprint density at radius 1 is 0.606 bits per heavy atom. The third-order valence-electron chi connectivity index (χ3n) is 6.02. The molecule has 4 nitrogen and oxygen atoms in total. The average molecular weight is 461 g/mol. The van der Waals surface area contributed by atoms with Crippen molar-refractivity contribution in [2.75, 3.05) is 13.2 Å². The summed E-state index contributed by atoms with van der Waals surface area (Å²) in [6, 6.07) is 6.51. The zero-order valence-corrected chi connectivity index (χ0v) is 21.5. The number of benzene rings is 1. The van der Waals surface area contributed by atoms with Gasteiger partial charge in [-0.3, -0.25) is 0 Å². The van der Waals surface area contributed by atoms with Crippen molar-refractivity contribution in [3.8, 4) is 0 Å². The molecule has 0 heterocycles. The van der Waals surface area contributed by atoms with Crippen LogP contribution in [0.1, 0.15) is 138 Å². The largest absolute Gasteiger partial charge is 0.462 e. The van der Waals surface area contributed by atoms with Gasteiger partial charge in [-0.15, -0.1) is 0 Å². The Morgan fingerprint density at radius 3 is 1.36 bits per heavy atom. The van der Waals surface area contributed by atoms with Crippen molar-refractivity contribution >= 4 is 11.9 Å². The van der Waals surface area contributed by atoms with E-state index in [2.05, 4.69) is 20.8 Å². The van der Waals surface area contributed by atoms with E-state index in [1.165, 1.54) is 77.0 Å². The first-order chi connectivity index (χ1) is 16.0. The van der Waals surface area contributed by atoms with Crippen LogP contribution in [-0.2, 0) is 9.47 Å². The van der Waals surface area contributed by atoms with Crippen molar-refractivity contribution in [3.63, 3.8) is 0 Å². The second-order valence-corrected chi connectivity index (χ2v) is 9.63. The van der Waals surface area contributed by atoms with Crippen LogP contribution >= 0.6 is 0 Å². The van der Waals surface area contributed by atoms with Gasteiger partial charge in [-0.25, -0.2) is 9.59 Å². The van der Waals surface area contributed by atoms with Crippen LogP contribution in [0.4, 0.5) is 0 Å². The van der Waals surface area contributed by atoms with Gasteiger partial charge in [0.1, 0.15) is 0 Å². The Bertz CT molecular complexity index is 621. The second-order valence-electron chi connectivity index (χ2n) is 9.63. The Kier molecular flexibility index (Phi) is 17.4. The molecule has 0 fully saturated rings. The van der Waals surface area contributed by atoms with E-state index in [0.717, 1.165) is 19.3 Å². The van der Waals surface area contributed by atoms with E-state index in [4.69, 9.17) is 9.47 Å². The quantitative estimate of drug-likeness (QED) is 0.144. The topological polar surface area (TPSA) is 52.6 Å². The van der Waals surface area contributed by atoms with E-state index >= 15 is 0 Å². The van der Waals surface area contributed by atoms with Crippen molar-refractivity contribution < 1.29 is 19.1 Å². The van der Waals surface area contributed by atoms with Gasteiger partial charge in [0.2, 0.25) is 0 Å². The molecule has 0 N–H and O–H groups in total. The fourth-order valence-electron chi connectivity index (χ4n) is 3.76. The number of hydrogen-bond acceptors (Lipinski definition) is 4. The molecule has 4 heteroatoms. The van der Waals surface area contributed by atoms with Crippen LogP contribution in [0.3, 0.4) is 0 Å². The maximum atomic E-state index is 12.2. The highest BCUT2D eigenvalue weighted by Gasteiger charge is 2.11. The van der Waals surface area contributed by atoms with Crippen molar-refractivity contribution in [2.45, 2.75) is 117 Å². The van der Waals surface area contributed by atoms with E-state index in [0.29, 0.717) is 30.3 Å². The number of unbranched alkanes of at least 4 members (excludes halogenated alkanes) is 13. The van der Waals surface area contributed by atoms with Gasteiger partial charge < -0.3 is 9.47 Å². The van der Waals surface area contributed by atoms with Gasteiger partial charge in [-0.2, -0.15) is 0 Å². The molecule has 0 aliphatic rings. The minimum absolute atomic E-state index is 0.329. The van der Waals surface area contributed by atoms with Crippen LogP contribution in [0.2, 0.25) is 0 Å². The fraction of sp³-hybridized carbons (Fsp3) is 0.724. The fourth-order valence-corrected chi connectivity index (χ4v) is 3.76. The van der Waals surface area contributed by atoms with E-state index < -0.39 is 0 Å². The highest BCUT2D eigenvalue weighted by atomic mass is 16.5. The van der Waals surface area contributed by atoms with Crippen LogP contribution in [0.15, 0.2) is 24.3 Å². The Morgan fingerprint density at radius 2 is 0.970 bits per heavy atom. The predicted octanol–water partition coefficient (Wildman–Crippen LogP) is 8.53. The molecule has 188 valence electrons. The molecule has 0 saturated heterocycles. The molecule has 0 atom stereocenters. The molecule has 1 aromatic carbocycles. The molecule has 0 aliphatic heterocycles. The van der Waals surface area contributed by atoms with Crippen LogP contribution < -0.4 is 0 Å². The average Bonchev–Trinajstić information content (AvgIpc) is 2.81. The summed E-state index contributed by atoms with van der Waals surface area (Å²) in [5.41, 5.74) is 0.932. The number of hydrogen-bond donors (Lipinski definition) is 0. The summed E-state index contributed by atoms with van der Waals surface area (Å²) >= 11 is 0. The van der Waals surface area contributed by atoms with Crippen LogP contribution in [0.25, 0.3) is 0 Å². The maximum Gasteiger partial charge on any atom is 0.338 e. The molecule has 0 unspecified atom stereocenters. The normalized spacial score (nSPS) is 11.0. The molecule has 0 spiro atoms. The molecular weight excluding hydrogens is 412 g/mol. The summed E-state index contributed by atoms with van der Waals surface area (Å²) in [6.45, 7) is 7.32. The van der Waals surface area contributed by atoms with Crippen molar-refractivity contribution in [1.82, 2.24) is 0 Å². The van der Waals surface area contributed by atoms with Gasteiger partial charge in [0, 0.05) is 0 Å². The Balaban J connectivity index is 2.00. The lowest BCUT2D eigenvalue weighted by Crippen LogP contribution is -2.10. The van der Waals surface area contributed by atoms with E-state index in [-0.39, 0.29) is 11.9 Å². The molecule has 0 bridgehead atoms. The molecule has 33 heavy (non-hydrogen) atoms. The SMILES string of the molecule is CCCCCCCCCCCCCCCCOC(=O)c1ccc(C(=O)OCCC(C)C)cc1. The Hall–Kier alpha value is -1.84. The number of carbonyl (C=O) groups excluding carboxylic acids is 2. The summed E-state index contributed by atoms with van der Waals surface area (Å²) in [7, 11) is 0. The first-order valence-electron chi connectivity index (χ1n) is 13.5. The molecule has 1 aromatic rings. The van der Waals surface area contributed by atoms with Crippen molar-refractivity contribution in [1.29, 1.82) is 0 Å². The first kappa shape index (κ1) is 29.2. The minimum Gasteiger partial charge on any atom is -0.462 e. The lowest BCUT2D eigenvalue weighted by atomic mass is 10.0. The summed E-state index contributed by atoms with van der Waals surface area (Å²) in [6.07, 6.45) is 19.1. The standard InChI is InChI=1S/C29H48O4/c1-4-5-6-7-8-9-10-11-12-13-14-15-16-17-23-32-28(30)26-18-20-27(21-19-26)29(31)33-24-22-25(2)3/h18-21,25H,4-17,22-24H2,1-3H3. The number of ether oxygens (including phenoxy) is 2. The zero-order valence-electron chi connectivity index (χ0n) is 21.5. The summed E-state index contributed by atoms with van der Waals surface area (Å²) in [5.74, 6) is -0.183. The number of esters is 2. The van der Waals surface area contributed by atoms with Crippen LogP contribution in [-0.4, -0.2) is 25.2 Å². The third kappa shape index (κ3) is 15.6. The highest BCUT2D eigenvalue weighted by molar-refractivity contribution is 5.93. The van der Waals surface area contributed by atoms with E-state index in [1.807, 2.05) is 0 Å². The highest BCUT2D eigenvalue weighted by Crippen LogP contribution is 2.13. The molecule has 0 aromatic heterocycles. The van der Waals surface area contributed by atoms with E-state index in [9.17, 15) is 9.59 Å². The maximum absolute atomic E-state index is 12.2. The molecule has 0 radical (unpaired) electrons. The van der Waals surface area contributed by atoms with Gasteiger partial charge in [-0.05, 0) is 43.0 Å². The van der Waals surface area contributed by atoms with Gasteiger partial charge in [0.25, 0.3) is 0 Å². The Labute approximate surface area is 202 Å². The first-order valence-corrected chi connectivity index (χ1v) is 13.5. The predicted molar refractivity (Wildman–Crippen MR) is 137 cm³/mol. The minimum atomic E-state index is -0.349. The van der Waals surface area contributed by atoms with Crippen molar-refractivity contribution in [3.05, 3.63) is 35.4 Å². The lowest BCUT2D eigenvalue weighted by molar-refractivity contribution is 0.0477. The number of rotatable bonds is 20. The smallest absolute Gasteiger partial charge is 0.338 e. The van der Waals surface area contributed by atoms with Crippen LogP contribution in [0.5, 0.6) is 0 Å². The monoisotopic (exact) mass is 460 g/mol. The summed E-state index contributed by atoms with van der Waals surface area (Å²) in [4.78, 5) is 24.2. The van der Waals surface area contributed by atoms with Gasteiger partial charge in [0.15, 0.2) is 0 Å². The molecule has 0 amide bonds. The third-order valence-corrected chi connectivity index (χ3v) is 6.02. The number of carbonyl (C=O) groups is 2. The van der Waals surface area contributed by atoms with E-state index in [1.54, 1.807) is 24.3 Å². The zero-order chi connectivity index (χ0) is 24.2. The second kappa shape index (κ2) is 19.6. The summed E-state index contributed by atoms with van der Waals surface area (Å²) in [5, 5.41) is 0. The lowest BCUT2D eigenvalue weighted by Gasteiger charge is -2.08. The van der Waals surface area contributed by atoms with Crippen molar-refractivity contribution in [2.24, 2.45) is 5.92 Å². The van der Waals surface area contributed by atoms with Gasteiger partial charge >= 0.3 is 11.9 Å². The van der Waals surface area contributed by atoms with Crippen LogP contribution in [0, 0.1) is 5.92 Å². The molecular formula is C29H48O4.